The van der Waals surface area contributed by atoms with Crippen LogP contribution in [0.15, 0.2) is 67.0 Å². The number of hydrogen-bond donors (Lipinski definition) is 2. The summed E-state index contributed by atoms with van der Waals surface area (Å²) < 4.78 is 1.85. The van der Waals surface area contributed by atoms with Crippen molar-refractivity contribution in [3.05, 3.63) is 67.0 Å². The van der Waals surface area contributed by atoms with E-state index in [0.717, 1.165) is 24.3 Å². The number of rotatable bonds is 7. The average Bonchev–Trinajstić information content (AvgIpc) is 3.10. The molecule has 0 aliphatic heterocycles. The number of carbonyl (C=O) groups is 1. The van der Waals surface area contributed by atoms with E-state index in [0.29, 0.717) is 6.42 Å². The molecule has 25 heavy (non-hydrogen) atoms. The van der Waals surface area contributed by atoms with Crippen LogP contribution in [0.2, 0.25) is 0 Å². The van der Waals surface area contributed by atoms with Crippen molar-refractivity contribution in [1.82, 2.24) is 15.1 Å². The zero-order valence-electron chi connectivity index (χ0n) is 14.3. The first-order valence-electron chi connectivity index (χ1n) is 8.40. The predicted octanol–water partition coefficient (Wildman–Crippen LogP) is 3.82. The molecule has 1 amide bonds. The van der Waals surface area contributed by atoms with Gasteiger partial charge in [0.1, 0.15) is 0 Å². The second-order valence-electron chi connectivity index (χ2n) is 5.84. The topological polar surface area (TPSA) is 59.0 Å². The monoisotopic (exact) mass is 334 g/mol. The molecule has 0 spiro atoms. The number of nitrogens with one attached hydrogen (secondary N) is 2. The van der Waals surface area contributed by atoms with Gasteiger partial charge in [-0.25, -0.2) is 0 Å². The molecule has 0 saturated carbocycles. The maximum Gasteiger partial charge on any atom is 0.219 e. The summed E-state index contributed by atoms with van der Waals surface area (Å²) in [4.78, 5) is 11.2. The first-order valence-corrected chi connectivity index (χ1v) is 8.40. The molecule has 3 aromatic rings. The van der Waals surface area contributed by atoms with Gasteiger partial charge in [-0.3, -0.25) is 9.48 Å². The standard InChI is InChI=1S/C20H22N4O/c1-21-20(25)8-5-13-24-15-19(14-22-24)23-18-11-9-17(10-12-18)16-6-3-2-4-7-16/h2-4,6-7,9-12,14-15,23H,5,8,13H2,1H3,(H,21,25). The summed E-state index contributed by atoms with van der Waals surface area (Å²) >= 11 is 0. The molecule has 3 rings (SSSR count). The minimum absolute atomic E-state index is 0.0593. The Kier molecular flexibility index (Phi) is 5.46. The lowest BCUT2D eigenvalue weighted by Crippen LogP contribution is -2.17. The van der Waals surface area contributed by atoms with Crippen LogP contribution in [0.5, 0.6) is 0 Å². The summed E-state index contributed by atoms with van der Waals surface area (Å²) in [5.74, 6) is 0.0593. The highest BCUT2D eigenvalue weighted by Gasteiger charge is 2.02. The maximum atomic E-state index is 11.2. The molecule has 1 aromatic heterocycles. The van der Waals surface area contributed by atoms with E-state index in [1.807, 2.05) is 29.1 Å². The highest BCUT2D eigenvalue weighted by molar-refractivity contribution is 5.75. The minimum atomic E-state index is 0.0593. The summed E-state index contributed by atoms with van der Waals surface area (Å²) in [6, 6.07) is 18.6. The molecule has 0 radical (unpaired) electrons. The molecule has 0 atom stereocenters. The quantitative estimate of drug-likeness (QED) is 0.690. The zero-order chi connectivity index (χ0) is 17.5. The van der Waals surface area contributed by atoms with Gasteiger partial charge in [0.25, 0.3) is 0 Å². The molecular formula is C20H22N4O. The third-order valence-corrected chi connectivity index (χ3v) is 3.98. The molecule has 0 aliphatic rings. The van der Waals surface area contributed by atoms with E-state index in [1.54, 1.807) is 13.2 Å². The van der Waals surface area contributed by atoms with Crippen molar-refractivity contribution in [2.24, 2.45) is 0 Å². The lowest BCUT2D eigenvalue weighted by molar-refractivity contribution is -0.120. The van der Waals surface area contributed by atoms with Crippen molar-refractivity contribution in [3.8, 4) is 11.1 Å². The van der Waals surface area contributed by atoms with Gasteiger partial charge in [-0.05, 0) is 29.7 Å². The number of anilines is 2. The van der Waals surface area contributed by atoms with Crippen LogP contribution >= 0.6 is 0 Å². The first kappa shape index (κ1) is 16.8. The molecule has 2 N–H and O–H groups in total. The second kappa shape index (κ2) is 8.15. The van der Waals surface area contributed by atoms with Gasteiger partial charge < -0.3 is 10.6 Å². The molecule has 5 nitrogen and oxygen atoms in total. The molecule has 1 heterocycles. The van der Waals surface area contributed by atoms with Crippen LogP contribution < -0.4 is 10.6 Å². The van der Waals surface area contributed by atoms with Gasteiger partial charge in [0.2, 0.25) is 5.91 Å². The summed E-state index contributed by atoms with van der Waals surface area (Å²) in [7, 11) is 1.65. The van der Waals surface area contributed by atoms with Crippen LogP contribution in [0.3, 0.4) is 0 Å². The maximum absolute atomic E-state index is 11.2. The molecule has 0 aliphatic carbocycles. The fraction of sp³-hybridized carbons (Fsp3) is 0.200. The summed E-state index contributed by atoms with van der Waals surface area (Å²) in [6.45, 7) is 0.724. The first-order chi connectivity index (χ1) is 12.2. The third kappa shape index (κ3) is 4.70. The van der Waals surface area contributed by atoms with Gasteiger partial charge in [0.05, 0.1) is 11.9 Å². The predicted molar refractivity (Wildman–Crippen MR) is 101 cm³/mol. The summed E-state index contributed by atoms with van der Waals surface area (Å²) in [6.07, 6.45) is 5.03. The Balaban J connectivity index is 1.57. The van der Waals surface area contributed by atoms with Crippen molar-refractivity contribution >= 4 is 17.3 Å². The van der Waals surface area contributed by atoms with Crippen LogP contribution in [0.4, 0.5) is 11.4 Å². The van der Waals surface area contributed by atoms with Crippen molar-refractivity contribution in [1.29, 1.82) is 0 Å². The minimum Gasteiger partial charge on any atom is -0.359 e. The zero-order valence-corrected chi connectivity index (χ0v) is 14.3. The van der Waals surface area contributed by atoms with Crippen LogP contribution in [0.1, 0.15) is 12.8 Å². The number of carbonyl (C=O) groups excluding carboxylic acids is 1. The van der Waals surface area contributed by atoms with Crippen molar-refractivity contribution in [3.63, 3.8) is 0 Å². The van der Waals surface area contributed by atoms with Gasteiger partial charge in [-0.15, -0.1) is 0 Å². The van der Waals surface area contributed by atoms with E-state index < -0.39 is 0 Å². The molecule has 128 valence electrons. The number of amides is 1. The van der Waals surface area contributed by atoms with Crippen molar-refractivity contribution < 1.29 is 4.79 Å². The number of aryl methyl sites for hydroxylation is 1. The second-order valence-corrected chi connectivity index (χ2v) is 5.84. The van der Waals surface area contributed by atoms with E-state index in [1.165, 1.54) is 11.1 Å². The third-order valence-electron chi connectivity index (χ3n) is 3.98. The molecule has 0 saturated heterocycles. The van der Waals surface area contributed by atoms with Crippen LogP contribution in [-0.2, 0) is 11.3 Å². The number of nitrogens with zero attached hydrogens (tertiary/aromatic N) is 2. The molecule has 0 fully saturated rings. The normalized spacial score (nSPS) is 10.4. The van der Waals surface area contributed by atoms with Crippen LogP contribution in [0, 0.1) is 0 Å². The van der Waals surface area contributed by atoms with E-state index in [9.17, 15) is 4.79 Å². The Hall–Kier alpha value is -3.08. The van der Waals surface area contributed by atoms with Gasteiger partial charge in [-0.1, -0.05) is 42.5 Å². The Morgan fingerprint density at radius 2 is 1.72 bits per heavy atom. The van der Waals surface area contributed by atoms with Crippen molar-refractivity contribution in [2.45, 2.75) is 19.4 Å². The Morgan fingerprint density at radius 1 is 1.00 bits per heavy atom. The molecular weight excluding hydrogens is 312 g/mol. The van der Waals surface area contributed by atoms with E-state index in [4.69, 9.17) is 0 Å². The number of benzene rings is 2. The Bertz CT molecular complexity index is 809. The number of aromatic nitrogens is 2. The van der Waals surface area contributed by atoms with Crippen molar-refractivity contribution in [2.75, 3.05) is 12.4 Å². The molecule has 5 heteroatoms. The highest BCUT2D eigenvalue weighted by atomic mass is 16.1. The van der Waals surface area contributed by atoms with Crippen LogP contribution in [0.25, 0.3) is 11.1 Å². The highest BCUT2D eigenvalue weighted by Crippen LogP contribution is 2.23. The average molecular weight is 334 g/mol. The summed E-state index contributed by atoms with van der Waals surface area (Å²) in [5.41, 5.74) is 4.35. The van der Waals surface area contributed by atoms with E-state index in [2.05, 4.69) is 52.1 Å². The van der Waals surface area contributed by atoms with Gasteiger partial charge in [0, 0.05) is 31.9 Å². The lowest BCUT2D eigenvalue weighted by atomic mass is 10.1. The fourth-order valence-electron chi connectivity index (χ4n) is 2.62. The summed E-state index contributed by atoms with van der Waals surface area (Å²) in [5, 5.41) is 10.3. The van der Waals surface area contributed by atoms with Gasteiger partial charge >= 0.3 is 0 Å². The van der Waals surface area contributed by atoms with Gasteiger partial charge in [0.15, 0.2) is 0 Å². The van der Waals surface area contributed by atoms with E-state index >= 15 is 0 Å². The smallest absolute Gasteiger partial charge is 0.219 e. The van der Waals surface area contributed by atoms with E-state index in [-0.39, 0.29) is 5.91 Å². The Labute approximate surface area is 147 Å². The Morgan fingerprint density at radius 3 is 2.44 bits per heavy atom. The SMILES string of the molecule is CNC(=O)CCCn1cc(Nc2ccc(-c3ccccc3)cc2)cn1. The largest absolute Gasteiger partial charge is 0.359 e. The van der Waals surface area contributed by atoms with Gasteiger partial charge in [-0.2, -0.15) is 5.10 Å². The molecule has 0 unspecified atom stereocenters. The van der Waals surface area contributed by atoms with Crippen LogP contribution in [-0.4, -0.2) is 22.7 Å². The lowest BCUT2D eigenvalue weighted by Gasteiger charge is -2.06. The number of hydrogen-bond acceptors (Lipinski definition) is 3. The fourth-order valence-corrected chi connectivity index (χ4v) is 2.62. The molecule has 2 aromatic carbocycles. The molecule has 0 bridgehead atoms.